The molecule has 1 fully saturated rings. The highest BCUT2D eigenvalue weighted by Gasteiger charge is 2.20. The van der Waals surface area contributed by atoms with Crippen LogP contribution in [-0.2, 0) is 4.74 Å². The number of hydrogen-bond acceptors (Lipinski definition) is 8. The summed E-state index contributed by atoms with van der Waals surface area (Å²) in [7, 11) is 5.85. The summed E-state index contributed by atoms with van der Waals surface area (Å²) < 4.78 is 11.5. The number of allylic oxidation sites excluding steroid dienone is 1. The van der Waals surface area contributed by atoms with E-state index < -0.39 is 0 Å². The Kier molecular flexibility index (Phi) is 6.08. The molecule has 1 saturated heterocycles. The average Bonchev–Trinajstić information content (AvgIpc) is 3.08. The lowest BCUT2D eigenvalue weighted by Crippen LogP contribution is -2.37. The molecule has 0 atom stereocenters. The van der Waals surface area contributed by atoms with E-state index in [4.69, 9.17) is 14.9 Å². The number of aryl methyl sites for hydroxylation is 1. The van der Waals surface area contributed by atoms with Crippen molar-refractivity contribution in [1.29, 1.82) is 0 Å². The number of nitrogens with two attached hydrogens (primary N) is 1. The molecule has 8 heteroatoms. The second-order valence-electron chi connectivity index (χ2n) is 6.89. The van der Waals surface area contributed by atoms with Crippen molar-refractivity contribution in [3.05, 3.63) is 23.7 Å². The lowest BCUT2D eigenvalue weighted by atomic mass is 10.2. The van der Waals surface area contributed by atoms with E-state index in [0.717, 1.165) is 43.1 Å². The molecule has 2 N–H and O–H groups in total. The Bertz CT molecular complexity index is 849. The molecule has 2 aromatic heterocycles. The first-order valence-electron chi connectivity index (χ1n) is 9.16. The van der Waals surface area contributed by atoms with Gasteiger partial charge < -0.3 is 24.7 Å². The molecule has 146 valence electrons. The van der Waals surface area contributed by atoms with Crippen LogP contribution in [0, 0.1) is 6.92 Å². The van der Waals surface area contributed by atoms with Gasteiger partial charge in [0.25, 0.3) is 0 Å². The largest absolute Gasteiger partial charge is 0.449 e. The van der Waals surface area contributed by atoms with Gasteiger partial charge >= 0.3 is 0 Å². The highest BCUT2D eigenvalue weighted by molar-refractivity contribution is 6.00. The fourth-order valence-corrected chi connectivity index (χ4v) is 3.00. The number of rotatable bonds is 6. The Balaban J connectivity index is 1.92. The summed E-state index contributed by atoms with van der Waals surface area (Å²) in [6.45, 7) is 5.72. The number of ether oxygens (including phenoxy) is 1. The molecule has 0 spiro atoms. The summed E-state index contributed by atoms with van der Waals surface area (Å²) >= 11 is 0. The smallest absolute Gasteiger partial charge is 0.195 e. The summed E-state index contributed by atoms with van der Waals surface area (Å²) in [6.07, 6.45) is 2.69. The lowest BCUT2D eigenvalue weighted by molar-refractivity contribution is 0.122. The molecular weight excluding hydrogens is 344 g/mol. The van der Waals surface area contributed by atoms with Crippen molar-refractivity contribution >= 4 is 28.3 Å². The third-order valence-corrected chi connectivity index (χ3v) is 4.49. The minimum atomic E-state index is 0.540. The molecule has 0 unspecified atom stereocenters. The predicted molar refractivity (Wildman–Crippen MR) is 108 cm³/mol. The molecule has 27 heavy (non-hydrogen) atoms. The van der Waals surface area contributed by atoms with E-state index in [1.54, 1.807) is 7.05 Å². The third kappa shape index (κ3) is 4.64. The molecular formula is C19H28N6O2. The van der Waals surface area contributed by atoms with E-state index in [1.165, 1.54) is 0 Å². The van der Waals surface area contributed by atoms with Gasteiger partial charge in [-0.1, -0.05) is 0 Å². The maximum absolute atomic E-state index is 6.30. The zero-order chi connectivity index (χ0) is 19.4. The SMILES string of the molecule is CN=C(/C=C(\N)c1cc2nc(C)nc(N3CCOCC3)c2o1)CCN(C)C. The maximum atomic E-state index is 6.30. The summed E-state index contributed by atoms with van der Waals surface area (Å²) in [5.74, 6) is 2.10. The highest BCUT2D eigenvalue weighted by Crippen LogP contribution is 2.29. The predicted octanol–water partition coefficient (Wildman–Crippen LogP) is 1.69. The van der Waals surface area contributed by atoms with Gasteiger partial charge in [0.15, 0.2) is 17.2 Å². The highest BCUT2D eigenvalue weighted by atomic mass is 16.5. The van der Waals surface area contributed by atoms with Crippen molar-refractivity contribution in [2.24, 2.45) is 10.7 Å². The number of aromatic nitrogens is 2. The number of aliphatic imine (C=N–C) groups is 1. The fourth-order valence-electron chi connectivity index (χ4n) is 3.00. The molecule has 0 radical (unpaired) electrons. The van der Waals surface area contributed by atoms with Crippen LogP contribution in [0.3, 0.4) is 0 Å². The summed E-state index contributed by atoms with van der Waals surface area (Å²) in [6, 6.07) is 1.87. The molecule has 1 aliphatic heterocycles. The second-order valence-corrected chi connectivity index (χ2v) is 6.89. The van der Waals surface area contributed by atoms with Crippen molar-refractivity contribution in [2.45, 2.75) is 13.3 Å². The van der Waals surface area contributed by atoms with Crippen LogP contribution in [0.4, 0.5) is 5.82 Å². The number of hydrogen-bond donors (Lipinski definition) is 1. The normalized spacial score (nSPS) is 16.6. The zero-order valence-electron chi connectivity index (χ0n) is 16.5. The van der Waals surface area contributed by atoms with Gasteiger partial charge in [-0.2, -0.15) is 0 Å². The van der Waals surface area contributed by atoms with Crippen LogP contribution in [0.5, 0.6) is 0 Å². The standard InChI is InChI=1S/C19H28N6O2/c1-13-22-16-12-17(15(20)11-14(21-2)5-6-24(3)4)27-18(16)19(23-13)25-7-9-26-10-8-25/h11-12H,5-10,20H2,1-4H3/b15-11-,21-14?. The van der Waals surface area contributed by atoms with Gasteiger partial charge in [-0.05, 0) is 27.1 Å². The van der Waals surface area contributed by atoms with Crippen LogP contribution < -0.4 is 10.6 Å². The van der Waals surface area contributed by atoms with E-state index in [2.05, 4.69) is 24.8 Å². The van der Waals surface area contributed by atoms with Gasteiger partial charge in [0.2, 0.25) is 0 Å². The average molecular weight is 372 g/mol. The number of furan rings is 1. The topological polar surface area (TPSA) is 93.0 Å². The van der Waals surface area contributed by atoms with Crippen LogP contribution in [0.15, 0.2) is 21.6 Å². The van der Waals surface area contributed by atoms with Gasteiger partial charge in [0.1, 0.15) is 11.3 Å². The van der Waals surface area contributed by atoms with Crippen LogP contribution in [0.25, 0.3) is 16.8 Å². The number of fused-ring (bicyclic) bond motifs is 1. The van der Waals surface area contributed by atoms with Gasteiger partial charge in [-0.15, -0.1) is 0 Å². The molecule has 0 saturated carbocycles. The second kappa shape index (κ2) is 8.49. The minimum Gasteiger partial charge on any atom is -0.449 e. The molecule has 2 aromatic rings. The van der Waals surface area contributed by atoms with Gasteiger partial charge in [0.05, 0.1) is 18.9 Å². The van der Waals surface area contributed by atoms with Crippen LogP contribution in [-0.4, -0.2) is 74.6 Å². The molecule has 8 nitrogen and oxygen atoms in total. The van der Waals surface area contributed by atoms with Gasteiger partial charge in [-0.3, -0.25) is 4.99 Å². The molecule has 0 amide bonds. The summed E-state index contributed by atoms with van der Waals surface area (Å²) in [4.78, 5) is 17.7. The van der Waals surface area contributed by atoms with Crippen molar-refractivity contribution < 1.29 is 9.15 Å². The quantitative estimate of drug-likeness (QED) is 0.771. The molecule has 1 aliphatic rings. The van der Waals surface area contributed by atoms with Gasteiger partial charge in [-0.25, -0.2) is 9.97 Å². The summed E-state index contributed by atoms with van der Waals surface area (Å²) in [5.41, 5.74) is 9.19. The summed E-state index contributed by atoms with van der Waals surface area (Å²) in [5, 5.41) is 0. The van der Waals surface area contributed by atoms with E-state index >= 15 is 0 Å². The Labute approximate surface area is 159 Å². The lowest BCUT2D eigenvalue weighted by Gasteiger charge is -2.27. The Morgan fingerprint density at radius 3 is 2.74 bits per heavy atom. The van der Waals surface area contributed by atoms with Crippen LogP contribution in [0.1, 0.15) is 18.0 Å². The first-order valence-corrected chi connectivity index (χ1v) is 9.16. The Morgan fingerprint density at radius 1 is 1.33 bits per heavy atom. The Morgan fingerprint density at radius 2 is 2.07 bits per heavy atom. The van der Waals surface area contributed by atoms with E-state index in [1.807, 2.05) is 33.2 Å². The van der Waals surface area contributed by atoms with Crippen LogP contribution >= 0.6 is 0 Å². The van der Waals surface area contributed by atoms with E-state index in [-0.39, 0.29) is 0 Å². The monoisotopic (exact) mass is 372 g/mol. The Hall–Kier alpha value is -2.45. The van der Waals surface area contributed by atoms with Crippen molar-refractivity contribution in [1.82, 2.24) is 14.9 Å². The van der Waals surface area contributed by atoms with Crippen molar-refractivity contribution in [3.8, 4) is 0 Å². The zero-order valence-corrected chi connectivity index (χ0v) is 16.5. The van der Waals surface area contributed by atoms with E-state index in [0.29, 0.717) is 36.1 Å². The third-order valence-electron chi connectivity index (χ3n) is 4.49. The molecule has 3 rings (SSSR count). The molecule has 0 aromatic carbocycles. The van der Waals surface area contributed by atoms with Crippen LogP contribution in [0.2, 0.25) is 0 Å². The maximum Gasteiger partial charge on any atom is 0.195 e. The number of anilines is 1. The first kappa shape index (κ1) is 19.3. The fraction of sp³-hybridized carbons (Fsp3) is 0.526. The molecule has 0 aliphatic carbocycles. The van der Waals surface area contributed by atoms with Gasteiger partial charge in [0, 0.05) is 44.9 Å². The van der Waals surface area contributed by atoms with Crippen molar-refractivity contribution in [2.75, 3.05) is 58.9 Å². The van der Waals surface area contributed by atoms with Crippen molar-refractivity contribution in [3.63, 3.8) is 0 Å². The molecule has 3 heterocycles. The number of morpholine rings is 1. The molecule has 0 bridgehead atoms. The number of nitrogens with zero attached hydrogens (tertiary/aromatic N) is 5. The minimum absolute atomic E-state index is 0.540. The van der Waals surface area contributed by atoms with E-state index in [9.17, 15) is 0 Å². The first-order chi connectivity index (χ1) is 13.0.